The summed E-state index contributed by atoms with van der Waals surface area (Å²) in [6.45, 7) is 0.900. The second-order valence-electron chi connectivity index (χ2n) is 8.54. The van der Waals surface area contributed by atoms with E-state index in [2.05, 4.69) is 22.1 Å². The Morgan fingerprint density at radius 3 is 1.94 bits per heavy atom. The Kier molecular flexibility index (Phi) is 5.39. The molecule has 0 unspecified atom stereocenters. The predicted octanol–water partition coefficient (Wildman–Crippen LogP) is 7.41. The van der Waals surface area contributed by atoms with Crippen LogP contribution in [0.5, 0.6) is 0 Å². The molecule has 0 spiro atoms. The summed E-state index contributed by atoms with van der Waals surface area (Å²) in [6, 6.07) is 27.3. The summed E-state index contributed by atoms with van der Waals surface area (Å²) in [5.74, 6) is 0.771. The van der Waals surface area contributed by atoms with Crippen LogP contribution in [0.25, 0.3) is 33.1 Å². The minimum atomic E-state index is -0.162. The number of benzene rings is 3. The number of carbonyl (C=O) groups excluding carboxylic acids is 1. The molecule has 0 fully saturated rings. The zero-order valence-corrected chi connectivity index (χ0v) is 19.5. The average molecular weight is 480 g/mol. The predicted molar refractivity (Wildman–Crippen MR) is 139 cm³/mol. The third-order valence-corrected chi connectivity index (χ3v) is 6.58. The van der Waals surface area contributed by atoms with Crippen molar-refractivity contribution in [2.45, 2.75) is 13.1 Å². The summed E-state index contributed by atoms with van der Waals surface area (Å²) in [5.41, 5.74) is 5.11. The first kappa shape index (κ1) is 21.3. The Hall–Kier alpha value is -4.22. The topological polar surface area (TPSA) is 65.0 Å². The van der Waals surface area contributed by atoms with Crippen LogP contribution < -0.4 is 0 Å². The number of carbonyl (C=O) groups is 1. The number of fused-ring (bicyclic) bond motifs is 2. The van der Waals surface area contributed by atoms with E-state index in [4.69, 9.17) is 16.0 Å². The standard InChI is InChI=1S/C29H22ClN3O2/c30-22-9-7-19(8-10-22)27-11-12-28(35-27)29(34)33(17-20-3-1-5-25-23(20)13-15-31-25)18-21-4-2-6-26-24(21)14-16-32-26/h1-16,31-32H,17-18H2. The number of H-pyrrole nitrogens is 2. The molecule has 0 aliphatic carbocycles. The maximum atomic E-state index is 13.8. The summed E-state index contributed by atoms with van der Waals surface area (Å²) in [7, 11) is 0. The lowest BCUT2D eigenvalue weighted by molar-refractivity contribution is 0.0700. The number of aromatic amines is 2. The molecular weight excluding hydrogens is 458 g/mol. The van der Waals surface area contributed by atoms with E-state index in [-0.39, 0.29) is 5.91 Å². The first-order valence-corrected chi connectivity index (χ1v) is 11.8. The van der Waals surface area contributed by atoms with Crippen LogP contribution in [0.15, 0.2) is 102 Å². The lowest BCUT2D eigenvalue weighted by atomic mass is 10.1. The molecule has 5 nitrogen and oxygen atoms in total. The fourth-order valence-electron chi connectivity index (χ4n) is 4.57. The number of hydrogen-bond acceptors (Lipinski definition) is 2. The minimum absolute atomic E-state index is 0.162. The summed E-state index contributed by atoms with van der Waals surface area (Å²) >= 11 is 6.02. The van der Waals surface area contributed by atoms with Crippen molar-refractivity contribution in [3.63, 3.8) is 0 Å². The number of nitrogens with one attached hydrogen (secondary N) is 2. The van der Waals surface area contributed by atoms with Crippen LogP contribution in [0, 0.1) is 0 Å². The van der Waals surface area contributed by atoms with Gasteiger partial charge in [0, 0.05) is 57.9 Å². The van der Waals surface area contributed by atoms with Crippen molar-refractivity contribution in [1.82, 2.24) is 14.9 Å². The van der Waals surface area contributed by atoms with Crippen LogP contribution in [-0.2, 0) is 13.1 Å². The molecule has 0 radical (unpaired) electrons. The molecule has 3 aromatic heterocycles. The van der Waals surface area contributed by atoms with Gasteiger partial charge in [-0.2, -0.15) is 0 Å². The summed E-state index contributed by atoms with van der Waals surface area (Å²) in [4.78, 5) is 22.1. The fraction of sp³-hybridized carbons (Fsp3) is 0.0690. The summed E-state index contributed by atoms with van der Waals surface area (Å²) in [5, 5.41) is 2.86. The highest BCUT2D eigenvalue weighted by molar-refractivity contribution is 6.30. The van der Waals surface area contributed by atoms with Gasteiger partial charge in [-0.3, -0.25) is 4.79 Å². The molecule has 0 atom stereocenters. The van der Waals surface area contributed by atoms with Gasteiger partial charge in [-0.25, -0.2) is 0 Å². The van der Waals surface area contributed by atoms with Crippen LogP contribution in [0.4, 0.5) is 0 Å². The van der Waals surface area contributed by atoms with E-state index in [1.165, 1.54) is 0 Å². The number of hydrogen-bond donors (Lipinski definition) is 2. The lowest BCUT2D eigenvalue weighted by Crippen LogP contribution is -2.30. The second kappa shape index (κ2) is 8.85. The van der Waals surface area contributed by atoms with Gasteiger partial charge in [-0.1, -0.05) is 35.9 Å². The van der Waals surface area contributed by atoms with Gasteiger partial charge in [0.2, 0.25) is 0 Å². The summed E-state index contributed by atoms with van der Waals surface area (Å²) in [6.07, 6.45) is 3.84. The van der Waals surface area contributed by atoms with Crippen molar-refractivity contribution < 1.29 is 9.21 Å². The van der Waals surface area contributed by atoms with Crippen molar-refractivity contribution in [2.75, 3.05) is 0 Å². The second-order valence-corrected chi connectivity index (χ2v) is 8.98. The van der Waals surface area contributed by atoms with E-state index in [0.717, 1.165) is 38.5 Å². The monoisotopic (exact) mass is 479 g/mol. The van der Waals surface area contributed by atoms with Gasteiger partial charge in [0.25, 0.3) is 5.91 Å². The molecule has 1 amide bonds. The van der Waals surface area contributed by atoms with E-state index in [9.17, 15) is 4.79 Å². The van der Waals surface area contributed by atoms with Crippen molar-refractivity contribution in [3.8, 4) is 11.3 Å². The molecule has 0 aliphatic rings. The van der Waals surface area contributed by atoms with Gasteiger partial charge in [0.05, 0.1) is 0 Å². The van der Waals surface area contributed by atoms with Crippen molar-refractivity contribution >= 4 is 39.3 Å². The number of nitrogens with zero attached hydrogens (tertiary/aromatic N) is 1. The van der Waals surface area contributed by atoms with Gasteiger partial charge < -0.3 is 19.3 Å². The van der Waals surface area contributed by atoms with Gasteiger partial charge in [-0.05, 0) is 71.8 Å². The largest absolute Gasteiger partial charge is 0.451 e. The van der Waals surface area contributed by atoms with Crippen LogP contribution >= 0.6 is 11.6 Å². The molecule has 0 bridgehead atoms. The molecule has 0 saturated carbocycles. The number of halogens is 1. The maximum absolute atomic E-state index is 13.8. The van der Waals surface area contributed by atoms with E-state index < -0.39 is 0 Å². The Labute approximate surface area is 206 Å². The van der Waals surface area contributed by atoms with E-state index in [0.29, 0.717) is 29.6 Å². The quantitative estimate of drug-likeness (QED) is 0.261. The lowest BCUT2D eigenvalue weighted by Gasteiger charge is -2.23. The molecular formula is C29H22ClN3O2. The molecule has 6 heteroatoms. The van der Waals surface area contributed by atoms with Gasteiger partial charge >= 0.3 is 0 Å². The smallest absolute Gasteiger partial charge is 0.290 e. The summed E-state index contributed by atoms with van der Waals surface area (Å²) < 4.78 is 6.03. The average Bonchev–Trinajstić information content (AvgIpc) is 3.64. The van der Waals surface area contributed by atoms with Gasteiger partial charge in [-0.15, -0.1) is 0 Å². The van der Waals surface area contributed by atoms with Crippen LogP contribution in [0.2, 0.25) is 5.02 Å². The first-order valence-electron chi connectivity index (χ1n) is 11.4. The zero-order valence-electron chi connectivity index (χ0n) is 18.8. The van der Waals surface area contributed by atoms with Gasteiger partial charge in [0.15, 0.2) is 5.76 Å². The fourth-order valence-corrected chi connectivity index (χ4v) is 4.69. The normalized spacial score (nSPS) is 11.3. The molecule has 172 valence electrons. The first-order chi connectivity index (χ1) is 17.2. The van der Waals surface area contributed by atoms with Crippen molar-refractivity contribution in [3.05, 3.63) is 119 Å². The van der Waals surface area contributed by atoms with Crippen LogP contribution in [-0.4, -0.2) is 20.8 Å². The minimum Gasteiger partial charge on any atom is -0.451 e. The third kappa shape index (κ3) is 4.11. The number of amides is 1. The molecule has 6 aromatic rings. The van der Waals surface area contributed by atoms with E-state index >= 15 is 0 Å². The number of rotatable bonds is 6. The SMILES string of the molecule is O=C(c1ccc(-c2ccc(Cl)cc2)o1)N(Cc1cccc2[nH]ccc12)Cc1cccc2[nH]ccc12. The van der Waals surface area contributed by atoms with E-state index in [1.54, 1.807) is 6.07 Å². The Balaban J connectivity index is 1.37. The third-order valence-electron chi connectivity index (χ3n) is 6.33. The highest BCUT2D eigenvalue weighted by atomic mass is 35.5. The molecule has 3 heterocycles. The number of aromatic nitrogens is 2. The molecule has 0 aliphatic heterocycles. The molecule has 0 saturated heterocycles. The van der Waals surface area contributed by atoms with Crippen LogP contribution in [0.3, 0.4) is 0 Å². The Morgan fingerprint density at radius 2 is 1.34 bits per heavy atom. The Bertz CT molecular complexity index is 1570. The molecule has 6 rings (SSSR count). The zero-order chi connectivity index (χ0) is 23.8. The highest BCUT2D eigenvalue weighted by Crippen LogP contribution is 2.27. The molecule has 35 heavy (non-hydrogen) atoms. The van der Waals surface area contributed by atoms with Gasteiger partial charge in [0.1, 0.15) is 5.76 Å². The number of furan rings is 1. The van der Waals surface area contributed by atoms with Crippen molar-refractivity contribution in [2.24, 2.45) is 0 Å². The van der Waals surface area contributed by atoms with Crippen LogP contribution in [0.1, 0.15) is 21.7 Å². The highest BCUT2D eigenvalue weighted by Gasteiger charge is 2.22. The van der Waals surface area contributed by atoms with E-state index in [1.807, 2.05) is 84.0 Å². The maximum Gasteiger partial charge on any atom is 0.290 e. The Morgan fingerprint density at radius 1 is 0.743 bits per heavy atom. The molecule has 2 N–H and O–H groups in total. The molecule has 3 aromatic carbocycles. The van der Waals surface area contributed by atoms with Crippen molar-refractivity contribution in [1.29, 1.82) is 0 Å².